The zero-order valence-corrected chi connectivity index (χ0v) is 39.8. The summed E-state index contributed by atoms with van der Waals surface area (Å²) < 4.78 is 37.2. The van der Waals surface area contributed by atoms with Crippen molar-refractivity contribution in [3.05, 3.63) is 64.7 Å². The van der Waals surface area contributed by atoms with E-state index in [9.17, 15) is 24.9 Å². The number of alkyl carbamates (subject to hydrolysis) is 1. The fourth-order valence-corrected chi connectivity index (χ4v) is 9.21. The molecule has 0 saturated carbocycles. The number of likely N-dealkylation sites (N-methyl/N-ethyl adjacent to an activating group) is 1. The highest BCUT2D eigenvalue weighted by Crippen LogP contribution is 2.40. The molecule has 2 aliphatic heterocycles. The van der Waals surface area contributed by atoms with Crippen LogP contribution < -0.4 is 10.1 Å². The molecule has 15 nitrogen and oxygen atoms in total. The van der Waals surface area contributed by atoms with Crippen LogP contribution in [0, 0.1) is 23.7 Å². The van der Waals surface area contributed by atoms with E-state index in [2.05, 4.69) is 10.5 Å². The number of carbonyl (C=O) groups excluding carboxylic acids is 2. The molecule has 2 aromatic rings. The van der Waals surface area contributed by atoms with Crippen LogP contribution in [0.1, 0.15) is 85.8 Å². The molecule has 16 heteroatoms. The first kappa shape index (κ1) is 52.1. The Morgan fingerprint density at radius 1 is 1.02 bits per heavy atom. The second-order valence-corrected chi connectivity index (χ2v) is 18.4. The van der Waals surface area contributed by atoms with Crippen LogP contribution >= 0.6 is 11.6 Å². The monoisotopic (exact) mass is 905 g/mol. The van der Waals surface area contributed by atoms with Crippen LogP contribution in [-0.2, 0) is 46.3 Å². The van der Waals surface area contributed by atoms with Crippen LogP contribution in [0.5, 0.6) is 5.75 Å². The summed E-state index contributed by atoms with van der Waals surface area (Å²) in [5.74, 6) is -3.38. The number of halogens is 1. The third kappa shape index (κ3) is 13.1. The van der Waals surface area contributed by atoms with E-state index in [1.165, 1.54) is 14.0 Å². The van der Waals surface area contributed by atoms with Crippen molar-refractivity contribution in [3.8, 4) is 5.75 Å². The van der Waals surface area contributed by atoms with Crippen molar-refractivity contribution < 1.29 is 58.2 Å². The summed E-state index contributed by atoms with van der Waals surface area (Å²) in [7, 11) is 6.88. The van der Waals surface area contributed by atoms with Gasteiger partial charge in [0.25, 0.3) is 0 Å². The van der Waals surface area contributed by atoms with Crippen molar-refractivity contribution in [2.45, 2.75) is 148 Å². The van der Waals surface area contributed by atoms with Crippen molar-refractivity contribution in [2.75, 3.05) is 34.9 Å². The number of esters is 1. The zero-order chi connectivity index (χ0) is 46.8. The molecule has 0 bridgehead atoms. The number of ether oxygens (including phenoxy) is 6. The predicted octanol–water partition coefficient (Wildman–Crippen LogP) is 6.16. The number of rotatable bonds is 13. The van der Waals surface area contributed by atoms with E-state index in [-0.39, 0.29) is 38.1 Å². The third-order valence-electron chi connectivity index (χ3n) is 13.0. The van der Waals surface area contributed by atoms with Crippen molar-refractivity contribution in [3.63, 3.8) is 0 Å². The molecule has 0 spiro atoms. The molecular formula is C47H72ClN3O12. The maximum atomic E-state index is 14.3. The van der Waals surface area contributed by atoms with Crippen molar-refractivity contribution in [2.24, 2.45) is 28.8 Å². The van der Waals surface area contributed by atoms with Gasteiger partial charge in [0.2, 0.25) is 0 Å². The van der Waals surface area contributed by atoms with Gasteiger partial charge in [-0.15, -0.1) is 0 Å². The average Bonchev–Trinajstić information content (AvgIpc) is 3.25. The molecule has 0 radical (unpaired) electrons. The molecule has 2 aliphatic rings. The highest BCUT2D eigenvalue weighted by molar-refractivity contribution is 6.31. The van der Waals surface area contributed by atoms with Gasteiger partial charge in [0.1, 0.15) is 36.3 Å². The Labute approximate surface area is 378 Å². The molecule has 0 unspecified atom stereocenters. The summed E-state index contributed by atoms with van der Waals surface area (Å²) >= 11 is 6.44. The summed E-state index contributed by atoms with van der Waals surface area (Å²) in [6.07, 6.45) is -6.87. The van der Waals surface area contributed by atoms with Crippen molar-refractivity contribution in [1.29, 1.82) is 0 Å². The van der Waals surface area contributed by atoms with Crippen LogP contribution in [0.25, 0.3) is 0 Å². The number of benzene rings is 2. The minimum atomic E-state index is -1.97. The molecule has 0 aromatic heterocycles. The smallest absolute Gasteiger partial charge is 0.407 e. The molecule has 2 fully saturated rings. The first-order chi connectivity index (χ1) is 29.7. The SMILES string of the molecule is CC[C@H]1OC(=O)[C@H](C)[C@@H](OC(=O)NCCc2ccc(OC)cc2)[C@H](C)[C@@H](O[C@@H]2O[C@H](C)C[C@H](N(C)C)[C@H]2O)[C@](C)(OC)C[C@@H](C)/C(=N/OCc2ccccc2Cl)[C@H](C)[C@@H](O)[C@]1(C)O. The molecule has 4 N–H and O–H groups in total. The van der Waals surface area contributed by atoms with Crippen LogP contribution in [0.2, 0.25) is 5.02 Å². The Balaban J connectivity index is 1.82. The molecule has 1 amide bonds. The number of hydrogen-bond acceptors (Lipinski definition) is 14. The molecule has 4 rings (SSSR count). The van der Waals surface area contributed by atoms with Crippen LogP contribution in [-0.4, -0.2) is 133 Å². The summed E-state index contributed by atoms with van der Waals surface area (Å²) in [4.78, 5) is 36.0. The lowest BCUT2D eigenvalue weighted by atomic mass is 9.73. The van der Waals surface area contributed by atoms with Gasteiger partial charge in [-0.25, -0.2) is 4.79 Å². The average molecular weight is 907 g/mol. The lowest BCUT2D eigenvalue weighted by molar-refractivity contribution is -0.301. The Hall–Kier alpha value is -3.54. The minimum absolute atomic E-state index is 0.0236. The Bertz CT molecular complexity index is 1800. The highest BCUT2D eigenvalue weighted by atomic mass is 35.5. The van der Waals surface area contributed by atoms with Crippen molar-refractivity contribution in [1.82, 2.24) is 10.2 Å². The standard InChI is InChI=1S/C47H72ClN3O12/c1-13-37-47(8,56)41(53)29(4)38(50-59-26-33-16-14-15-17-35(33)48)27(2)25-46(7,58-12)42(63-44-39(52)36(51(9)10)24-28(3)60-44)30(5)40(31(6)43(54)61-37)62-45(55)49-23-22-32-18-20-34(57-11)21-19-32/h14-21,27-31,36-37,39-42,44,52-53,56H,13,22-26H2,1-12H3,(H,49,55)/b50-38-/t27-,28-,29+,30+,31-,36+,37-,39-,40+,41-,42-,44+,46-,47-/m1/s1. The van der Waals surface area contributed by atoms with Crippen LogP contribution in [0.15, 0.2) is 53.7 Å². The lowest BCUT2D eigenvalue weighted by Crippen LogP contribution is -2.60. The van der Waals surface area contributed by atoms with Gasteiger partial charge in [0.05, 0.1) is 42.7 Å². The second kappa shape index (κ2) is 23.1. The van der Waals surface area contributed by atoms with Gasteiger partial charge in [-0.1, -0.05) is 74.8 Å². The third-order valence-corrected chi connectivity index (χ3v) is 13.3. The van der Waals surface area contributed by atoms with Gasteiger partial charge < -0.3 is 58.8 Å². The first-order valence-corrected chi connectivity index (χ1v) is 22.4. The van der Waals surface area contributed by atoms with E-state index in [4.69, 9.17) is 44.9 Å². The number of aliphatic hydroxyl groups is 3. The van der Waals surface area contributed by atoms with Gasteiger partial charge in [-0.3, -0.25) is 4.79 Å². The van der Waals surface area contributed by atoms with E-state index >= 15 is 0 Å². The maximum absolute atomic E-state index is 14.3. The maximum Gasteiger partial charge on any atom is 0.407 e. The fraction of sp³-hybridized carbons (Fsp3) is 0.681. The summed E-state index contributed by atoms with van der Waals surface area (Å²) in [5.41, 5.74) is -1.21. The molecular weight excluding hydrogens is 834 g/mol. The molecule has 14 atom stereocenters. The van der Waals surface area contributed by atoms with Gasteiger partial charge in [-0.2, -0.15) is 0 Å². The second-order valence-electron chi connectivity index (χ2n) is 18.0. The van der Waals surface area contributed by atoms with Gasteiger partial charge in [0.15, 0.2) is 6.29 Å². The number of hydrogen-bond donors (Lipinski definition) is 4. The Morgan fingerprint density at radius 2 is 1.68 bits per heavy atom. The quantitative estimate of drug-likeness (QED) is 0.133. The largest absolute Gasteiger partial charge is 0.497 e. The van der Waals surface area contributed by atoms with E-state index in [0.717, 1.165) is 5.56 Å². The van der Waals surface area contributed by atoms with Crippen molar-refractivity contribution >= 4 is 29.4 Å². The van der Waals surface area contributed by atoms with E-state index in [1.54, 1.807) is 40.9 Å². The number of oxime groups is 1. The molecule has 2 saturated heterocycles. The number of aliphatic hydroxyl groups excluding tert-OH is 2. The Morgan fingerprint density at radius 3 is 2.29 bits per heavy atom. The van der Waals surface area contributed by atoms with Crippen LogP contribution in [0.4, 0.5) is 4.79 Å². The molecule has 0 aliphatic carbocycles. The zero-order valence-electron chi connectivity index (χ0n) is 39.1. The first-order valence-electron chi connectivity index (χ1n) is 22.0. The minimum Gasteiger partial charge on any atom is -0.497 e. The summed E-state index contributed by atoms with van der Waals surface area (Å²) in [6.45, 7) is 14.2. The molecule has 2 aromatic carbocycles. The van der Waals surface area contributed by atoms with Gasteiger partial charge in [0, 0.05) is 48.0 Å². The number of cyclic esters (lactones) is 1. The topological polar surface area (TPSA) is 187 Å². The van der Waals surface area contributed by atoms with Gasteiger partial charge >= 0.3 is 12.1 Å². The number of carbonyl (C=O) groups is 2. The number of nitrogens with one attached hydrogen (secondary N) is 1. The lowest BCUT2D eigenvalue weighted by Gasteiger charge is -2.48. The fourth-order valence-electron chi connectivity index (χ4n) is 9.02. The highest BCUT2D eigenvalue weighted by Gasteiger charge is 2.52. The number of nitrogens with zero attached hydrogens (tertiary/aromatic N) is 2. The van der Waals surface area contributed by atoms with Crippen LogP contribution in [0.3, 0.4) is 0 Å². The van der Waals surface area contributed by atoms with E-state index in [0.29, 0.717) is 34.9 Å². The molecule has 354 valence electrons. The molecule has 2 heterocycles. The van der Waals surface area contributed by atoms with Gasteiger partial charge in [-0.05, 0) is 91.2 Å². The summed E-state index contributed by atoms with van der Waals surface area (Å²) in [5, 5.41) is 43.7. The number of amides is 1. The van der Waals surface area contributed by atoms with E-state index < -0.39 is 83.7 Å². The normalized spacial score (nSPS) is 35.4. The molecule has 63 heavy (non-hydrogen) atoms. The number of methoxy groups -OCH3 is 2. The Kier molecular flexibility index (Phi) is 19.1. The predicted molar refractivity (Wildman–Crippen MR) is 239 cm³/mol. The summed E-state index contributed by atoms with van der Waals surface area (Å²) in [6, 6.07) is 14.4. The van der Waals surface area contributed by atoms with E-state index in [1.807, 2.05) is 82.2 Å².